The average molecular weight is 655 g/mol. The molecule has 1 spiro atoms. The second-order valence-corrected chi connectivity index (χ2v) is 12.7. The Morgan fingerprint density at radius 3 is 2.57 bits per heavy atom. The summed E-state index contributed by atoms with van der Waals surface area (Å²) in [6.45, 7) is 3.95. The minimum Gasteiger partial charge on any atom is -0.459 e. The summed E-state index contributed by atoms with van der Waals surface area (Å²) in [7, 11) is 4.52. The van der Waals surface area contributed by atoms with Crippen LogP contribution in [-0.4, -0.2) is 104 Å². The van der Waals surface area contributed by atoms with Gasteiger partial charge >= 0.3 is 11.9 Å². The maximum absolute atomic E-state index is 13.8. The summed E-state index contributed by atoms with van der Waals surface area (Å²) in [5.41, 5.74) is -0.0755. The number of hydrogen-bond donors (Lipinski definition) is 3. The Morgan fingerprint density at radius 2 is 1.93 bits per heavy atom. The van der Waals surface area contributed by atoms with Gasteiger partial charge in [-0.3, -0.25) is 4.79 Å². The van der Waals surface area contributed by atoms with Crippen LogP contribution in [0.1, 0.15) is 24.3 Å². The third-order valence-electron chi connectivity index (χ3n) is 9.38. The molecule has 0 radical (unpaired) electrons. The number of aliphatic hydroxyl groups is 2. The fraction of sp³-hybridized carbons (Fsp3) is 0.667. The molecule has 11 nitrogen and oxygen atoms in total. The van der Waals surface area contributed by atoms with E-state index in [4.69, 9.17) is 28.4 Å². The number of aliphatic hydroxyl groups excluding tert-OH is 2. The van der Waals surface area contributed by atoms with Crippen LogP contribution in [0.2, 0.25) is 0 Å². The van der Waals surface area contributed by atoms with Gasteiger partial charge in [0.2, 0.25) is 0 Å². The SMILES string of the molecule is COC[C@@H]1[C@@H](O)[C@@H]2[C@H]3C=C[C@@H]4[C@@H](COC)C(=O)O[C@H]([C@H](O)COC)[C@H](C)/C=C(\C)[C@@]24O[C@H]3[C@@H]1OC(=O)c1cc(Br)c[nH]1. The van der Waals surface area contributed by atoms with Crippen LogP contribution in [0.4, 0.5) is 0 Å². The number of halogens is 1. The number of esters is 2. The van der Waals surface area contributed by atoms with Gasteiger partial charge in [-0.25, -0.2) is 4.79 Å². The van der Waals surface area contributed by atoms with Crippen LogP contribution in [-0.2, 0) is 33.2 Å². The second kappa shape index (κ2) is 12.5. The van der Waals surface area contributed by atoms with Crippen LogP contribution in [0.3, 0.4) is 0 Å². The molecule has 2 aliphatic carbocycles. The van der Waals surface area contributed by atoms with Crippen molar-refractivity contribution >= 4 is 27.9 Å². The summed E-state index contributed by atoms with van der Waals surface area (Å²) in [6.07, 6.45) is 3.13. The third-order valence-corrected chi connectivity index (χ3v) is 9.84. The lowest BCUT2D eigenvalue weighted by molar-refractivity contribution is -0.173. The molecule has 1 aromatic heterocycles. The number of cyclic esters (lactones) is 1. The number of aromatic nitrogens is 1. The molecular formula is C30H40BrNO10. The zero-order chi connectivity index (χ0) is 30.3. The van der Waals surface area contributed by atoms with Gasteiger partial charge in [0.15, 0.2) is 0 Å². The quantitative estimate of drug-likeness (QED) is 0.268. The first-order chi connectivity index (χ1) is 20.1. The number of hydrogen-bond acceptors (Lipinski definition) is 10. The van der Waals surface area contributed by atoms with Gasteiger partial charge in [-0.15, -0.1) is 0 Å². The largest absolute Gasteiger partial charge is 0.459 e. The van der Waals surface area contributed by atoms with E-state index in [0.717, 1.165) is 5.57 Å². The van der Waals surface area contributed by atoms with Crippen LogP contribution in [0.15, 0.2) is 40.5 Å². The Hall–Kier alpha value is -2.06. The first-order valence-corrected chi connectivity index (χ1v) is 15.0. The molecular weight excluding hydrogens is 614 g/mol. The number of H-pyrrole nitrogens is 1. The van der Waals surface area contributed by atoms with Crippen LogP contribution in [0.5, 0.6) is 0 Å². The van der Waals surface area contributed by atoms with Crippen molar-refractivity contribution in [2.24, 2.45) is 35.5 Å². The molecule has 4 aliphatic rings. The summed E-state index contributed by atoms with van der Waals surface area (Å²) in [5, 5.41) is 22.9. The summed E-state index contributed by atoms with van der Waals surface area (Å²) >= 11 is 3.35. The molecule has 0 aromatic carbocycles. The van der Waals surface area contributed by atoms with E-state index >= 15 is 0 Å². The van der Waals surface area contributed by atoms with E-state index in [2.05, 4.69) is 20.9 Å². The first-order valence-electron chi connectivity index (χ1n) is 14.2. The molecule has 232 valence electrons. The molecule has 2 fully saturated rings. The number of rotatable bonds is 9. The predicted octanol–water partition coefficient (Wildman–Crippen LogP) is 2.27. The normalized spacial score (nSPS) is 41.0. The smallest absolute Gasteiger partial charge is 0.355 e. The number of aromatic amines is 1. The summed E-state index contributed by atoms with van der Waals surface area (Å²) < 4.78 is 35.9. The molecule has 1 saturated carbocycles. The molecule has 1 saturated heterocycles. The lowest BCUT2D eigenvalue weighted by atomic mass is 9.56. The molecule has 3 heterocycles. The zero-order valence-corrected chi connectivity index (χ0v) is 26.0. The summed E-state index contributed by atoms with van der Waals surface area (Å²) in [6, 6.07) is 1.63. The van der Waals surface area contributed by atoms with Crippen molar-refractivity contribution in [3.63, 3.8) is 0 Å². The Balaban J connectivity index is 1.60. The second-order valence-electron chi connectivity index (χ2n) is 11.8. The molecule has 0 amide bonds. The molecule has 42 heavy (non-hydrogen) atoms. The van der Waals surface area contributed by atoms with E-state index in [1.807, 2.05) is 32.1 Å². The van der Waals surface area contributed by atoms with Crippen molar-refractivity contribution in [2.45, 2.75) is 50.0 Å². The Labute approximate surface area is 253 Å². The number of carbonyl (C=O) groups is 2. The van der Waals surface area contributed by atoms with E-state index in [0.29, 0.717) is 4.47 Å². The van der Waals surface area contributed by atoms with Crippen LogP contribution in [0, 0.1) is 35.5 Å². The highest BCUT2D eigenvalue weighted by Crippen LogP contribution is 2.62. The maximum Gasteiger partial charge on any atom is 0.355 e. The third kappa shape index (κ3) is 5.18. The van der Waals surface area contributed by atoms with E-state index < -0.39 is 77.6 Å². The molecule has 4 bridgehead atoms. The number of ether oxygens (including phenoxy) is 6. The van der Waals surface area contributed by atoms with Gasteiger partial charge in [-0.2, -0.15) is 0 Å². The fourth-order valence-electron chi connectivity index (χ4n) is 7.67. The Kier molecular flexibility index (Phi) is 9.34. The van der Waals surface area contributed by atoms with Crippen molar-refractivity contribution in [2.75, 3.05) is 41.2 Å². The van der Waals surface area contributed by atoms with Gasteiger partial charge < -0.3 is 43.6 Å². The highest BCUT2D eigenvalue weighted by Gasteiger charge is 2.71. The molecule has 5 rings (SSSR count). The minimum absolute atomic E-state index is 0.0102. The Bertz CT molecular complexity index is 1220. The molecule has 12 atom stereocenters. The number of carbonyl (C=O) groups excluding carboxylic acids is 2. The molecule has 3 N–H and O–H groups in total. The number of methoxy groups -OCH3 is 3. The van der Waals surface area contributed by atoms with Crippen molar-refractivity contribution < 1.29 is 48.2 Å². The van der Waals surface area contributed by atoms with Gasteiger partial charge in [-0.05, 0) is 34.5 Å². The van der Waals surface area contributed by atoms with Gasteiger partial charge in [-0.1, -0.05) is 25.2 Å². The number of nitrogens with one attached hydrogen (secondary N) is 1. The lowest BCUT2D eigenvalue weighted by Crippen LogP contribution is -2.59. The minimum atomic E-state index is -1.14. The molecule has 2 aliphatic heterocycles. The molecule has 0 unspecified atom stereocenters. The monoisotopic (exact) mass is 653 g/mol. The standard InChI is InChI=1S/C30H40BrNO10/c1-14-8-15(2)30-20(18(11-37-3)28(35)40-25(14)22(33)13-39-5)7-6-17-23(30)24(34)19(12-38-4)26(27(17)42-30)41-29(36)21-9-16(31)10-32-21/h6-10,14,17-20,22-27,32-34H,11-13H2,1-5H3/b15-8+/t14-,17-,18-,19-,20-,22-,23+,24-,25+,26-,27-,30+/m1/s1. The molecule has 12 heteroatoms. The van der Waals surface area contributed by atoms with E-state index in [9.17, 15) is 19.8 Å². The topological polar surface area (TPSA) is 146 Å². The summed E-state index contributed by atoms with van der Waals surface area (Å²) in [5.74, 6) is -4.24. The summed E-state index contributed by atoms with van der Waals surface area (Å²) in [4.78, 5) is 29.9. The van der Waals surface area contributed by atoms with Crippen LogP contribution in [0.25, 0.3) is 0 Å². The van der Waals surface area contributed by atoms with Crippen molar-refractivity contribution in [1.29, 1.82) is 0 Å². The van der Waals surface area contributed by atoms with Gasteiger partial charge in [0, 0.05) is 61.6 Å². The predicted molar refractivity (Wildman–Crippen MR) is 152 cm³/mol. The lowest BCUT2D eigenvalue weighted by Gasteiger charge is -2.49. The highest BCUT2D eigenvalue weighted by molar-refractivity contribution is 9.10. The Morgan fingerprint density at radius 1 is 1.19 bits per heavy atom. The average Bonchev–Trinajstić information content (AvgIpc) is 3.47. The van der Waals surface area contributed by atoms with Gasteiger partial charge in [0.25, 0.3) is 0 Å². The van der Waals surface area contributed by atoms with Crippen molar-refractivity contribution in [1.82, 2.24) is 4.98 Å². The van der Waals surface area contributed by atoms with Crippen molar-refractivity contribution in [3.8, 4) is 0 Å². The van der Waals surface area contributed by atoms with Crippen LogP contribution < -0.4 is 0 Å². The van der Waals surface area contributed by atoms with E-state index in [1.165, 1.54) is 21.3 Å². The first kappa shape index (κ1) is 31.4. The van der Waals surface area contributed by atoms with E-state index in [1.54, 1.807) is 12.3 Å². The van der Waals surface area contributed by atoms with Gasteiger partial charge in [0.1, 0.15) is 35.7 Å². The molecule has 1 aromatic rings. The zero-order valence-electron chi connectivity index (χ0n) is 24.4. The highest BCUT2D eigenvalue weighted by atomic mass is 79.9. The fourth-order valence-corrected chi connectivity index (χ4v) is 8.01. The van der Waals surface area contributed by atoms with Gasteiger partial charge in [0.05, 0.1) is 31.8 Å². The van der Waals surface area contributed by atoms with E-state index in [-0.39, 0.29) is 31.4 Å². The maximum atomic E-state index is 13.8. The van der Waals surface area contributed by atoms with Crippen molar-refractivity contribution in [3.05, 3.63) is 46.2 Å². The van der Waals surface area contributed by atoms with Crippen LogP contribution >= 0.6 is 15.9 Å².